The predicted octanol–water partition coefficient (Wildman–Crippen LogP) is 2.89. The summed E-state index contributed by atoms with van der Waals surface area (Å²) in [5.74, 6) is -2.31. The zero-order valence-corrected chi connectivity index (χ0v) is 19.5. The van der Waals surface area contributed by atoms with E-state index in [4.69, 9.17) is 0 Å². The van der Waals surface area contributed by atoms with E-state index in [0.717, 1.165) is 5.56 Å². The fraction of sp³-hybridized carbons (Fsp3) is 0.346. The van der Waals surface area contributed by atoms with Crippen molar-refractivity contribution in [1.29, 1.82) is 0 Å². The maximum absolute atomic E-state index is 14.0. The average Bonchev–Trinajstić information content (AvgIpc) is 3.17. The summed E-state index contributed by atoms with van der Waals surface area (Å²) in [6.45, 7) is 5.05. The number of rotatable bonds is 6. The van der Waals surface area contributed by atoms with Gasteiger partial charge in [-0.15, -0.1) is 0 Å². The molecule has 2 aromatic rings. The normalized spacial score (nSPS) is 21.5. The summed E-state index contributed by atoms with van der Waals surface area (Å²) in [6, 6.07) is 14.2. The molecule has 2 aliphatic rings. The lowest BCUT2D eigenvalue weighted by Crippen LogP contribution is -2.52. The Morgan fingerprint density at radius 3 is 2.33 bits per heavy atom. The number of likely N-dealkylation sites (N-methyl/N-ethyl adjacent to an activating group) is 1. The van der Waals surface area contributed by atoms with E-state index < -0.39 is 17.2 Å². The van der Waals surface area contributed by atoms with Crippen LogP contribution in [-0.2, 0) is 19.9 Å². The molecule has 1 saturated heterocycles. The Bertz CT molecular complexity index is 1150. The number of benzene rings is 2. The van der Waals surface area contributed by atoms with Crippen molar-refractivity contribution in [2.45, 2.75) is 25.8 Å². The van der Waals surface area contributed by atoms with Gasteiger partial charge < -0.3 is 19.8 Å². The fourth-order valence-corrected chi connectivity index (χ4v) is 4.88. The van der Waals surface area contributed by atoms with Crippen molar-refractivity contribution in [3.8, 4) is 0 Å². The summed E-state index contributed by atoms with van der Waals surface area (Å²) < 4.78 is 0. The van der Waals surface area contributed by atoms with Crippen molar-refractivity contribution in [2.75, 3.05) is 38.6 Å². The number of para-hydroxylation sites is 1. The van der Waals surface area contributed by atoms with Crippen LogP contribution in [0.25, 0.3) is 5.76 Å². The second-order valence-electron chi connectivity index (χ2n) is 8.81. The van der Waals surface area contributed by atoms with Crippen LogP contribution < -0.4 is 4.90 Å². The first kappa shape index (κ1) is 22.7. The van der Waals surface area contributed by atoms with Crippen molar-refractivity contribution >= 4 is 29.0 Å². The van der Waals surface area contributed by atoms with Crippen LogP contribution in [-0.4, -0.2) is 66.2 Å². The van der Waals surface area contributed by atoms with E-state index in [1.54, 1.807) is 29.2 Å². The van der Waals surface area contributed by atoms with Crippen LogP contribution in [0.3, 0.4) is 0 Å². The van der Waals surface area contributed by atoms with Gasteiger partial charge in [0.1, 0.15) is 5.76 Å². The molecule has 0 unspecified atom stereocenters. The van der Waals surface area contributed by atoms with Gasteiger partial charge in [-0.25, -0.2) is 0 Å². The van der Waals surface area contributed by atoms with Crippen LogP contribution in [0.1, 0.15) is 30.0 Å². The Balaban J connectivity index is 1.99. The predicted molar refractivity (Wildman–Crippen MR) is 127 cm³/mol. The van der Waals surface area contributed by atoms with Gasteiger partial charge >= 0.3 is 0 Å². The molecule has 0 aromatic heterocycles. The number of aryl methyl sites for hydroxylation is 1. The first-order valence-corrected chi connectivity index (χ1v) is 11.2. The largest absolute Gasteiger partial charge is 0.507 e. The molecule has 1 N–H and O–H groups in total. The lowest BCUT2D eigenvalue weighted by atomic mass is 9.81. The number of amides is 2. The van der Waals surface area contributed by atoms with Crippen molar-refractivity contribution in [3.63, 3.8) is 0 Å². The number of anilines is 1. The van der Waals surface area contributed by atoms with Gasteiger partial charge in [0.05, 0.1) is 11.3 Å². The molecule has 0 saturated carbocycles. The van der Waals surface area contributed by atoms with Gasteiger partial charge in [0.25, 0.3) is 17.6 Å². The highest BCUT2D eigenvalue weighted by Gasteiger charge is 2.66. The van der Waals surface area contributed by atoms with E-state index in [-0.39, 0.29) is 23.8 Å². The number of nitrogens with zero attached hydrogens (tertiary/aromatic N) is 3. The summed E-state index contributed by atoms with van der Waals surface area (Å²) in [4.78, 5) is 45.7. The molecule has 33 heavy (non-hydrogen) atoms. The monoisotopic (exact) mass is 447 g/mol. The SMILES string of the molecule is CCN1C(=O)[C@@]2(C(=C(O)c3ccc(C)cc3)C(=O)C(=O)N2CCCN(C)C)c2ccccc21. The number of ketones is 1. The number of carbonyl (C=O) groups excluding carboxylic acids is 3. The quantitative estimate of drug-likeness (QED) is 0.418. The van der Waals surface area contributed by atoms with Crippen molar-refractivity contribution < 1.29 is 19.5 Å². The number of Topliss-reactive ketones (excluding diaryl/α,β-unsaturated/α-hetero) is 1. The molecule has 7 heteroatoms. The van der Waals surface area contributed by atoms with Crippen molar-refractivity contribution in [1.82, 2.24) is 9.80 Å². The minimum Gasteiger partial charge on any atom is -0.507 e. The molecule has 1 fully saturated rings. The van der Waals surface area contributed by atoms with Gasteiger partial charge in [-0.1, -0.05) is 48.0 Å². The van der Waals surface area contributed by atoms with Gasteiger partial charge in [-0.05, 0) is 47.0 Å². The first-order valence-electron chi connectivity index (χ1n) is 11.2. The Morgan fingerprint density at radius 2 is 1.70 bits per heavy atom. The van der Waals surface area contributed by atoms with E-state index >= 15 is 0 Å². The smallest absolute Gasteiger partial charge is 0.296 e. The number of hydrogen-bond acceptors (Lipinski definition) is 5. The van der Waals surface area contributed by atoms with Crippen molar-refractivity contribution in [2.24, 2.45) is 0 Å². The molecule has 4 rings (SSSR count). The summed E-state index contributed by atoms with van der Waals surface area (Å²) >= 11 is 0. The highest BCUT2D eigenvalue weighted by Crippen LogP contribution is 2.53. The fourth-order valence-electron chi connectivity index (χ4n) is 4.88. The van der Waals surface area contributed by atoms with Crippen LogP contribution >= 0.6 is 0 Å². The first-order chi connectivity index (χ1) is 15.7. The molecule has 0 bridgehead atoms. The summed E-state index contributed by atoms with van der Waals surface area (Å²) in [6.07, 6.45) is 0.577. The molecule has 0 radical (unpaired) electrons. The number of hydrogen-bond donors (Lipinski definition) is 1. The molecule has 1 spiro atoms. The van der Waals surface area contributed by atoms with E-state index in [1.165, 1.54) is 4.90 Å². The highest BCUT2D eigenvalue weighted by molar-refractivity contribution is 6.50. The highest BCUT2D eigenvalue weighted by atomic mass is 16.3. The van der Waals surface area contributed by atoms with Gasteiger partial charge in [-0.2, -0.15) is 0 Å². The van der Waals surface area contributed by atoms with E-state index in [9.17, 15) is 19.5 Å². The zero-order chi connectivity index (χ0) is 23.9. The average molecular weight is 448 g/mol. The van der Waals surface area contributed by atoms with E-state index in [0.29, 0.717) is 36.3 Å². The molecule has 2 amide bonds. The maximum Gasteiger partial charge on any atom is 0.296 e. The van der Waals surface area contributed by atoms with E-state index in [2.05, 4.69) is 0 Å². The standard InChI is InChI=1S/C26H29N3O4/c1-5-28-20-10-7-6-9-19(20)26(25(28)33)21(22(30)18-13-11-17(2)12-14-18)23(31)24(32)29(26)16-8-15-27(3)4/h6-7,9-14,30H,5,8,15-16H2,1-4H3/t26-/m0/s1. The number of fused-ring (bicyclic) bond motifs is 2. The summed E-state index contributed by atoms with van der Waals surface area (Å²) in [5, 5.41) is 11.4. The van der Waals surface area contributed by atoms with Gasteiger partial charge in [0, 0.05) is 24.2 Å². The number of aliphatic hydroxyl groups is 1. The Morgan fingerprint density at radius 1 is 1.03 bits per heavy atom. The molecule has 0 aliphatic carbocycles. The maximum atomic E-state index is 14.0. The molecule has 1 atom stereocenters. The van der Waals surface area contributed by atoms with Gasteiger partial charge in [0.15, 0.2) is 5.54 Å². The second-order valence-corrected chi connectivity index (χ2v) is 8.81. The van der Waals surface area contributed by atoms with Gasteiger partial charge in [0.2, 0.25) is 0 Å². The van der Waals surface area contributed by atoms with Crippen LogP contribution in [0.4, 0.5) is 5.69 Å². The van der Waals surface area contributed by atoms with Crippen LogP contribution in [0.2, 0.25) is 0 Å². The van der Waals surface area contributed by atoms with Crippen LogP contribution in [0.15, 0.2) is 54.1 Å². The lowest BCUT2D eigenvalue weighted by molar-refractivity contribution is -0.143. The summed E-state index contributed by atoms with van der Waals surface area (Å²) in [5.41, 5.74) is 0.752. The third-order valence-corrected chi connectivity index (χ3v) is 6.44. The number of carbonyl (C=O) groups is 3. The molecule has 7 nitrogen and oxygen atoms in total. The molecule has 172 valence electrons. The van der Waals surface area contributed by atoms with Crippen molar-refractivity contribution in [3.05, 3.63) is 70.8 Å². The van der Waals surface area contributed by atoms with Crippen LogP contribution in [0, 0.1) is 6.92 Å². The molecular weight excluding hydrogens is 418 g/mol. The Hall–Kier alpha value is -3.45. The molecule has 2 aliphatic heterocycles. The number of aliphatic hydroxyl groups excluding tert-OH is 1. The molecule has 2 heterocycles. The van der Waals surface area contributed by atoms with Crippen LogP contribution in [0.5, 0.6) is 0 Å². The number of likely N-dealkylation sites (tertiary alicyclic amines) is 1. The Labute approximate surface area is 193 Å². The van der Waals surface area contributed by atoms with E-state index in [1.807, 2.05) is 57.1 Å². The summed E-state index contributed by atoms with van der Waals surface area (Å²) in [7, 11) is 3.85. The topological polar surface area (TPSA) is 81.2 Å². The minimum atomic E-state index is -1.68. The third kappa shape index (κ3) is 3.35. The minimum absolute atomic E-state index is 0.158. The molecular formula is C26H29N3O4. The van der Waals surface area contributed by atoms with Gasteiger partial charge in [-0.3, -0.25) is 14.4 Å². The second kappa shape index (κ2) is 8.48. The third-order valence-electron chi connectivity index (χ3n) is 6.44. The molecule has 2 aromatic carbocycles. The Kier molecular flexibility index (Phi) is 5.84. The zero-order valence-electron chi connectivity index (χ0n) is 19.5. The lowest BCUT2D eigenvalue weighted by Gasteiger charge is -2.34.